The molecule has 0 spiro atoms. The topological polar surface area (TPSA) is 38.0 Å². The highest BCUT2D eigenvalue weighted by molar-refractivity contribution is 7.84. The maximum atomic E-state index is 11.0. The summed E-state index contributed by atoms with van der Waals surface area (Å²) in [5, 5.41) is 0. The van der Waals surface area contributed by atoms with Gasteiger partial charge in [-0.05, 0) is 0 Å². The Bertz CT molecular complexity index is 337. The van der Waals surface area contributed by atoms with Crippen LogP contribution in [0.1, 0.15) is 6.92 Å². The average Bonchev–Trinajstić information content (AvgIpc) is 2.04. The summed E-state index contributed by atoms with van der Waals surface area (Å²) in [4.78, 5) is 11.5. The number of Topliss-reactive ketones (excluding diaryl/α,β-unsaturated/α-hetero) is 1. The number of ketones is 1. The number of rotatable bonds is 3. The van der Waals surface area contributed by atoms with Gasteiger partial charge in [-0.2, -0.15) is 4.57 Å². The highest BCUT2D eigenvalue weighted by atomic mass is 35.5. The molecule has 1 heterocycles. The van der Waals surface area contributed by atoms with Crippen molar-refractivity contribution in [2.75, 3.05) is 6.26 Å². The standard InChI is InChI=1S/C9H12NO2S.ClH/c1-8(11)7-10-5-3-9(4-6-10)13(2)12;/h3-6H,7H2,1-2H3;1H/q+1;/p-1. The Morgan fingerprint density at radius 1 is 1.43 bits per heavy atom. The zero-order chi connectivity index (χ0) is 9.84. The molecule has 3 nitrogen and oxygen atoms in total. The Morgan fingerprint density at radius 2 is 1.93 bits per heavy atom. The molecule has 0 aliphatic heterocycles. The lowest BCUT2D eigenvalue weighted by molar-refractivity contribution is -0.684. The quantitative estimate of drug-likeness (QED) is 0.534. The second-order valence-corrected chi connectivity index (χ2v) is 4.24. The van der Waals surface area contributed by atoms with E-state index >= 15 is 0 Å². The molecule has 0 bridgehead atoms. The molecule has 78 valence electrons. The van der Waals surface area contributed by atoms with Crippen molar-refractivity contribution in [3.05, 3.63) is 24.5 Å². The summed E-state index contributed by atoms with van der Waals surface area (Å²) >= 11 is 0. The van der Waals surface area contributed by atoms with Crippen LogP contribution in [0.3, 0.4) is 0 Å². The summed E-state index contributed by atoms with van der Waals surface area (Å²) in [6, 6.07) is 3.53. The van der Waals surface area contributed by atoms with E-state index in [0.29, 0.717) is 6.54 Å². The lowest BCUT2D eigenvalue weighted by Gasteiger charge is -1.94. The average molecular weight is 234 g/mol. The van der Waals surface area contributed by atoms with Crippen LogP contribution in [-0.4, -0.2) is 16.2 Å². The first kappa shape index (κ1) is 13.3. The summed E-state index contributed by atoms with van der Waals surface area (Å²) in [7, 11) is -0.948. The maximum Gasteiger partial charge on any atom is 0.206 e. The second kappa shape index (κ2) is 5.88. The first-order chi connectivity index (χ1) is 6.09. The number of halogens is 1. The van der Waals surface area contributed by atoms with Gasteiger partial charge in [-0.25, -0.2) is 0 Å². The molecule has 1 aromatic rings. The van der Waals surface area contributed by atoms with Crippen LogP contribution in [0.25, 0.3) is 0 Å². The zero-order valence-corrected chi connectivity index (χ0v) is 9.64. The first-order valence-electron chi connectivity index (χ1n) is 3.91. The second-order valence-electron chi connectivity index (χ2n) is 2.86. The predicted octanol–water partition coefficient (Wildman–Crippen LogP) is -2.70. The van der Waals surface area contributed by atoms with Crippen LogP contribution in [0, 0.1) is 0 Å². The van der Waals surface area contributed by atoms with Gasteiger partial charge in [-0.15, -0.1) is 0 Å². The Hall–Kier alpha value is -0.740. The van der Waals surface area contributed by atoms with Crippen molar-refractivity contribution < 1.29 is 26.0 Å². The molecule has 0 aliphatic rings. The third-order valence-electron chi connectivity index (χ3n) is 1.60. The molecule has 1 atom stereocenters. The van der Waals surface area contributed by atoms with Crippen LogP contribution >= 0.6 is 0 Å². The third kappa shape index (κ3) is 3.98. The van der Waals surface area contributed by atoms with Crippen LogP contribution in [0.2, 0.25) is 0 Å². The fourth-order valence-electron chi connectivity index (χ4n) is 0.998. The predicted molar refractivity (Wildman–Crippen MR) is 49.7 cm³/mol. The fourth-order valence-corrected chi connectivity index (χ4v) is 1.50. The summed E-state index contributed by atoms with van der Waals surface area (Å²) in [5.74, 6) is 0.107. The van der Waals surface area contributed by atoms with E-state index in [1.165, 1.54) is 0 Å². The number of carbonyl (C=O) groups excluding carboxylic acids is 1. The Balaban J connectivity index is 0.00000169. The van der Waals surface area contributed by atoms with Crippen LogP contribution in [0.5, 0.6) is 0 Å². The highest BCUT2D eigenvalue weighted by Gasteiger charge is 2.04. The van der Waals surface area contributed by atoms with E-state index in [0.717, 1.165) is 4.90 Å². The van der Waals surface area contributed by atoms with Crippen LogP contribution in [0.15, 0.2) is 29.4 Å². The van der Waals surface area contributed by atoms with Gasteiger partial charge in [0.15, 0.2) is 18.2 Å². The largest absolute Gasteiger partial charge is 1.00 e. The van der Waals surface area contributed by atoms with Crippen LogP contribution in [-0.2, 0) is 22.1 Å². The van der Waals surface area contributed by atoms with E-state index in [1.54, 1.807) is 42.3 Å². The summed E-state index contributed by atoms with van der Waals surface area (Å²) < 4.78 is 12.8. The SMILES string of the molecule is CC(=O)C[n+]1ccc(S(C)=O)cc1.[Cl-]. The van der Waals surface area contributed by atoms with Gasteiger partial charge in [-0.3, -0.25) is 9.00 Å². The molecule has 1 rings (SSSR count). The Kier molecular flexibility index (Phi) is 5.57. The minimum absolute atomic E-state index is 0. The third-order valence-corrected chi connectivity index (χ3v) is 2.53. The Labute approximate surface area is 92.0 Å². The molecule has 1 unspecified atom stereocenters. The highest BCUT2D eigenvalue weighted by Crippen LogP contribution is 1.99. The van der Waals surface area contributed by atoms with Gasteiger partial charge < -0.3 is 12.4 Å². The van der Waals surface area contributed by atoms with Gasteiger partial charge in [-0.1, -0.05) is 0 Å². The van der Waals surface area contributed by atoms with E-state index < -0.39 is 10.8 Å². The van der Waals surface area contributed by atoms with Crippen LogP contribution in [0.4, 0.5) is 0 Å². The molecule has 0 N–H and O–H groups in total. The van der Waals surface area contributed by atoms with E-state index in [9.17, 15) is 9.00 Å². The van der Waals surface area contributed by atoms with Crippen LogP contribution < -0.4 is 17.0 Å². The molecule has 0 amide bonds. The van der Waals surface area contributed by atoms with Gasteiger partial charge in [0.2, 0.25) is 6.54 Å². The molecule has 14 heavy (non-hydrogen) atoms. The molecule has 5 heteroatoms. The number of carbonyl (C=O) groups is 1. The maximum absolute atomic E-state index is 11.0. The normalized spacial score (nSPS) is 11.6. The molecule has 0 radical (unpaired) electrons. The number of hydrogen-bond donors (Lipinski definition) is 0. The zero-order valence-electron chi connectivity index (χ0n) is 8.07. The summed E-state index contributed by atoms with van der Waals surface area (Å²) in [6.07, 6.45) is 5.15. The van der Waals surface area contributed by atoms with Crippen molar-refractivity contribution in [1.29, 1.82) is 0 Å². The van der Waals surface area contributed by atoms with Crippen molar-refractivity contribution in [3.63, 3.8) is 0 Å². The number of hydrogen-bond acceptors (Lipinski definition) is 2. The molecule has 0 saturated heterocycles. The molecule has 0 aromatic carbocycles. The lowest BCUT2D eigenvalue weighted by atomic mass is 10.4. The molecular formula is C9H12ClNO2S. The minimum atomic E-state index is -0.948. The fraction of sp³-hybridized carbons (Fsp3) is 0.333. The van der Waals surface area contributed by atoms with E-state index in [-0.39, 0.29) is 18.2 Å². The van der Waals surface area contributed by atoms with Gasteiger partial charge in [0, 0.05) is 25.3 Å². The molecular weight excluding hydrogens is 222 g/mol. The van der Waals surface area contributed by atoms with Crippen molar-refractivity contribution in [3.8, 4) is 0 Å². The first-order valence-corrected chi connectivity index (χ1v) is 5.47. The van der Waals surface area contributed by atoms with Crippen molar-refractivity contribution >= 4 is 16.6 Å². The van der Waals surface area contributed by atoms with Crippen molar-refractivity contribution in [2.24, 2.45) is 0 Å². The number of aromatic nitrogens is 1. The molecule has 0 fully saturated rings. The summed E-state index contributed by atoms with van der Waals surface area (Å²) in [6.45, 7) is 1.91. The van der Waals surface area contributed by atoms with Gasteiger partial charge in [0.1, 0.15) is 0 Å². The molecule has 1 aromatic heterocycles. The van der Waals surface area contributed by atoms with E-state index in [2.05, 4.69) is 0 Å². The lowest BCUT2D eigenvalue weighted by Crippen LogP contribution is -3.00. The number of nitrogens with zero attached hydrogens (tertiary/aromatic N) is 1. The Morgan fingerprint density at radius 3 is 2.29 bits per heavy atom. The van der Waals surface area contributed by atoms with Gasteiger partial charge in [0.05, 0.1) is 15.7 Å². The molecule has 0 saturated carbocycles. The van der Waals surface area contributed by atoms with E-state index in [1.807, 2.05) is 0 Å². The molecule has 0 aliphatic carbocycles. The minimum Gasteiger partial charge on any atom is -1.00 e. The van der Waals surface area contributed by atoms with Gasteiger partial charge >= 0.3 is 0 Å². The summed E-state index contributed by atoms with van der Waals surface area (Å²) in [5.41, 5.74) is 0. The smallest absolute Gasteiger partial charge is 0.206 e. The van der Waals surface area contributed by atoms with Gasteiger partial charge in [0.25, 0.3) is 0 Å². The number of pyridine rings is 1. The monoisotopic (exact) mass is 233 g/mol. The van der Waals surface area contributed by atoms with Crippen molar-refractivity contribution in [1.82, 2.24) is 0 Å². The van der Waals surface area contributed by atoms with E-state index in [4.69, 9.17) is 0 Å². The van der Waals surface area contributed by atoms with Crippen molar-refractivity contribution in [2.45, 2.75) is 18.4 Å².